The maximum absolute atomic E-state index is 6.13. The molecule has 37 heavy (non-hydrogen) atoms. The lowest BCUT2D eigenvalue weighted by atomic mass is 10.1. The first-order valence-corrected chi connectivity index (χ1v) is 12.1. The van der Waals surface area contributed by atoms with Gasteiger partial charge in [0.25, 0.3) is 0 Å². The van der Waals surface area contributed by atoms with Crippen LogP contribution in [0.1, 0.15) is 30.5 Å². The Morgan fingerprint density at radius 3 is 1.95 bits per heavy atom. The third-order valence-corrected chi connectivity index (χ3v) is 5.32. The molecule has 196 valence electrons. The van der Waals surface area contributed by atoms with E-state index >= 15 is 0 Å². The molecule has 0 N–H and O–H groups in total. The fraction of sp³-hybridized carbons (Fsp3) is 0.333. The minimum Gasteiger partial charge on any atom is -0.497 e. The first kappa shape index (κ1) is 27.7. The van der Waals surface area contributed by atoms with Crippen LogP contribution in [0.4, 0.5) is 0 Å². The van der Waals surface area contributed by atoms with Gasteiger partial charge in [0.15, 0.2) is 17.8 Å². The zero-order valence-corrected chi connectivity index (χ0v) is 22.0. The summed E-state index contributed by atoms with van der Waals surface area (Å²) in [6.07, 6.45) is -0.481. The van der Waals surface area contributed by atoms with Gasteiger partial charge in [-0.3, -0.25) is 0 Å². The fourth-order valence-corrected chi connectivity index (χ4v) is 3.47. The molecule has 7 nitrogen and oxygen atoms in total. The molecule has 0 aromatic heterocycles. The minimum absolute atomic E-state index is 0.214. The smallest absolute Gasteiger partial charge is 0.191 e. The molecule has 3 aromatic carbocycles. The van der Waals surface area contributed by atoms with E-state index in [9.17, 15) is 0 Å². The monoisotopic (exact) mass is 506 g/mol. The van der Waals surface area contributed by atoms with Crippen molar-refractivity contribution in [3.63, 3.8) is 0 Å². The van der Waals surface area contributed by atoms with Gasteiger partial charge in [0.1, 0.15) is 30.5 Å². The highest BCUT2D eigenvalue weighted by Crippen LogP contribution is 2.35. The highest BCUT2D eigenvalue weighted by molar-refractivity contribution is 5.59. The van der Waals surface area contributed by atoms with Crippen molar-refractivity contribution < 1.29 is 33.2 Å². The summed E-state index contributed by atoms with van der Waals surface area (Å²) in [6.45, 7) is 5.46. The lowest BCUT2D eigenvalue weighted by Crippen LogP contribution is -2.25. The van der Waals surface area contributed by atoms with Crippen LogP contribution in [0.5, 0.6) is 28.7 Å². The third-order valence-electron chi connectivity index (χ3n) is 5.32. The van der Waals surface area contributed by atoms with Gasteiger partial charge < -0.3 is 33.2 Å². The van der Waals surface area contributed by atoms with Crippen molar-refractivity contribution in [2.45, 2.75) is 26.7 Å². The van der Waals surface area contributed by atoms with E-state index in [2.05, 4.69) is 11.8 Å². The molecule has 0 saturated carbocycles. The second-order valence-corrected chi connectivity index (χ2v) is 7.74. The molecule has 3 aromatic rings. The minimum atomic E-state index is -0.481. The maximum atomic E-state index is 6.13. The summed E-state index contributed by atoms with van der Waals surface area (Å²) in [5.74, 6) is 9.33. The lowest BCUT2D eigenvalue weighted by molar-refractivity contribution is -0.152. The summed E-state index contributed by atoms with van der Waals surface area (Å²) in [6, 6.07) is 19.0. The summed E-state index contributed by atoms with van der Waals surface area (Å²) in [5, 5.41) is 0. The molecule has 0 atom stereocenters. The second-order valence-electron chi connectivity index (χ2n) is 7.74. The predicted octanol–water partition coefficient (Wildman–Crippen LogP) is 5.47. The van der Waals surface area contributed by atoms with E-state index in [0.29, 0.717) is 59.7 Å². The Morgan fingerprint density at radius 2 is 1.30 bits per heavy atom. The largest absolute Gasteiger partial charge is 0.497 e. The van der Waals surface area contributed by atoms with Crippen molar-refractivity contribution in [2.75, 3.05) is 41.2 Å². The Labute approximate surface area is 219 Å². The first-order chi connectivity index (χ1) is 18.1. The van der Waals surface area contributed by atoms with Gasteiger partial charge in [-0.15, -0.1) is 0 Å². The van der Waals surface area contributed by atoms with Crippen molar-refractivity contribution in [2.24, 2.45) is 0 Å². The average Bonchev–Trinajstić information content (AvgIpc) is 2.94. The lowest BCUT2D eigenvalue weighted by Gasteiger charge is -2.18. The molecular weight excluding hydrogens is 472 g/mol. The van der Waals surface area contributed by atoms with Crippen molar-refractivity contribution in [1.82, 2.24) is 0 Å². The average molecular weight is 507 g/mol. The van der Waals surface area contributed by atoms with E-state index in [-0.39, 0.29) is 6.61 Å². The molecule has 0 heterocycles. The molecule has 0 bridgehead atoms. The van der Waals surface area contributed by atoms with Crippen LogP contribution < -0.4 is 23.7 Å². The molecule has 0 aliphatic heterocycles. The quantitative estimate of drug-likeness (QED) is 0.225. The summed E-state index contributed by atoms with van der Waals surface area (Å²) >= 11 is 0. The topological polar surface area (TPSA) is 64.6 Å². The van der Waals surface area contributed by atoms with E-state index in [1.165, 1.54) is 0 Å². The van der Waals surface area contributed by atoms with Gasteiger partial charge >= 0.3 is 0 Å². The van der Waals surface area contributed by atoms with E-state index in [4.69, 9.17) is 33.2 Å². The van der Waals surface area contributed by atoms with Gasteiger partial charge in [-0.05, 0) is 31.5 Å². The van der Waals surface area contributed by atoms with Crippen LogP contribution in [-0.4, -0.2) is 47.4 Å². The van der Waals surface area contributed by atoms with E-state index in [0.717, 1.165) is 5.56 Å². The summed E-state index contributed by atoms with van der Waals surface area (Å²) < 4.78 is 39.7. The fourth-order valence-electron chi connectivity index (χ4n) is 3.47. The first-order valence-electron chi connectivity index (χ1n) is 12.1. The summed E-state index contributed by atoms with van der Waals surface area (Å²) in [5.41, 5.74) is 2.37. The van der Waals surface area contributed by atoms with Crippen molar-refractivity contribution in [3.05, 3.63) is 77.4 Å². The number of benzene rings is 3. The zero-order chi connectivity index (χ0) is 26.5. The van der Waals surface area contributed by atoms with Crippen LogP contribution >= 0.6 is 0 Å². The second kappa shape index (κ2) is 14.6. The summed E-state index contributed by atoms with van der Waals surface area (Å²) in [4.78, 5) is 0. The van der Waals surface area contributed by atoms with E-state index in [1.54, 1.807) is 39.5 Å². The molecule has 0 fully saturated rings. The number of methoxy groups -OCH3 is 3. The SMILES string of the molecule is CCOC(COc1cc(OC)ccc1C#Cc1cc(OC)c(OC)cc1OCc1ccccc1)OCC. The van der Waals surface area contributed by atoms with Gasteiger partial charge in [0.2, 0.25) is 0 Å². The predicted molar refractivity (Wildman–Crippen MR) is 142 cm³/mol. The van der Waals surface area contributed by atoms with Gasteiger partial charge in [0.05, 0.1) is 32.5 Å². The molecule has 7 heteroatoms. The van der Waals surface area contributed by atoms with Gasteiger partial charge in [0, 0.05) is 31.4 Å². The molecule has 0 radical (unpaired) electrons. The molecule has 0 spiro atoms. The number of hydrogen-bond donors (Lipinski definition) is 0. The van der Waals surface area contributed by atoms with Crippen LogP contribution in [-0.2, 0) is 16.1 Å². The highest BCUT2D eigenvalue weighted by Gasteiger charge is 2.14. The van der Waals surface area contributed by atoms with Crippen molar-refractivity contribution in [3.8, 4) is 40.6 Å². The third kappa shape index (κ3) is 8.07. The van der Waals surface area contributed by atoms with Gasteiger partial charge in [-0.1, -0.05) is 42.2 Å². The Morgan fingerprint density at radius 1 is 0.649 bits per heavy atom. The maximum Gasteiger partial charge on any atom is 0.191 e. The number of rotatable bonds is 13. The van der Waals surface area contributed by atoms with Crippen LogP contribution in [0.2, 0.25) is 0 Å². The molecule has 0 amide bonds. The van der Waals surface area contributed by atoms with Crippen LogP contribution in [0.25, 0.3) is 0 Å². The Bertz CT molecular complexity index is 1180. The molecule has 3 rings (SSSR count). The highest BCUT2D eigenvalue weighted by atomic mass is 16.7. The van der Waals surface area contributed by atoms with Gasteiger partial charge in [-0.2, -0.15) is 0 Å². The molecule has 0 aliphatic carbocycles. The van der Waals surface area contributed by atoms with Crippen LogP contribution in [0.3, 0.4) is 0 Å². The molecule has 0 unspecified atom stereocenters. The van der Waals surface area contributed by atoms with Crippen molar-refractivity contribution in [1.29, 1.82) is 0 Å². The van der Waals surface area contributed by atoms with Crippen LogP contribution in [0, 0.1) is 11.8 Å². The number of hydrogen-bond acceptors (Lipinski definition) is 7. The Kier molecular flexibility index (Phi) is 11.0. The zero-order valence-electron chi connectivity index (χ0n) is 22.0. The van der Waals surface area contributed by atoms with Crippen molar-refractivity contribution >= 4 is 0 Å². The Hall–Kier alpha value is -3.86. The Balaban J connectivity index is 1.93. The van der Waals surface area contributed by atoms with Crippen LogP contribution in [0.15, 0.2) is 60.7 Å². The number of ether oxygens (including phenoxy) is 7. The molecular formula is C30H34O7. The normalized spacial score (nSPS) is 10.4. The molecule has 0 saturated heterocycles. The summed E-state index contributed by atoms with van der Waals surface area (Å²) in [7, 11) is 4.78. The standard InChI is InChI=1S/C30H34O7/c1-6-34-30(35-7-2)21-37-26-18-25(31-3)16-15-23(26)13-14-24-17-28(32-4)29(33-5)19-27(24)36-20-22-11-9-8-10-12-22/h8-12,15-19,30H,6-7,20-21H2,1-5H3. The van der Waals surface area contributed by atoms with Gasteiger partial charge in [-0.25, -0.2) is 0 Å². The molecule has 0 aliphatic rings. The van der Waals surface area contributed by atoms with E-state index < -0.39 is 6.29 Å². The van der Waals surface area contributed by atoms with E-state index in [1.807, 2.05) is 56.3 Å².